The van der Waals surface area contributed by atoms with E-state index in [0.717, 1.165) is 16.7 Å². The van der Waals surface area contributed by atoms with Crippen LogP contribution >= 0.6 is 0 Å². The number of nitrogens with zero attached hydrogens (tertiary/aromatic N) is 4. The molecule has 3 heterocycles. The highest BCUT2D eigenvalue weighted by Crippen LogP contribution is 2.23. The van der Waals surface area contributed by atoms with Crippen LogP contribution in [0.5, 0.6) is 0 Å². The second-order valence-electron chi connectivity index (χ2n) is 7.78. The fraction of sp³-hybridized carbons (Fsp3) is 0.304. The van der Waals surface area contributed by atoms with E-state index >= 15 is 0 Å². The van der Waals surface area contributed by atoms with Crippen molar-refractivity contribution in [3.63, 3.8) is 0 Å². The van der Waals surface area contributed by atoms with Crippen LogP contribution in [-0.4, -0.2) is 51.8 Å². The summed E-state index contributed by atoms with van der Waals surface area (Å²) in [5, 5.41) is 0. The van der Waals surface area contributed by atoms with Gasteiger partial charge in [-0.3, -0.25) is 14.4 Å². The fourth-order valence-electron chi connectivity index (χ4n) is 3.87. The molecule has 160 valence electrons. The van der Waals surface area contributed by atoms with E-state index in [1.165, 1.54) is 17.5 Å². The molecule has 4 rings (SSSR count). The number of aromatic nitrogens is 2. The maximum absolute atomic E-state index is 13.2. The predicted octanol–water partition coefficient (Wildman–Crippen LogP) is 1.98. The van der Waals surface area contributed by atoms with Gasteiger partial charge in [0, 0.05) is 39.9 Å². The van der Waals surface area contributed by atoms with E-state index in [1.807, 2.05) is 30.3 Å². The molecule has 0 aliphatic carbocycles. The number of rotatable bonds is 5. The van der Waals surface area contributed by atoms with Gasteiger partial charge in [-0.05, 0) is 29.5 Å². The minimum Gasteiger partial charge on any atom is -0.438 e. The van der Waals surface area contributed by atoms with Gasteiger partial charge < -0.3 is 18.8 Å². The van der Waals surface area contributed by atoms with E-state index in [0.29, 0.717) is 32.5 Å². The van der Waals surface area contributed by atoms with Crippen LogP contribution in [0.15, 0.2) is 58.3 Å². The second-order valence-corrected chi connectivity index (χ2v) is 7.78. The van der Waals surface area contributed by atoms with Gasteiger partial charge in [-0.25, -0.2) is 4.98 Å². The Morgan fingerprint density at radius 1 is 1.19 bits per heavy atom. The molecule has 0 spiro atoms. The topological polar surface area (TPSA) is 88.7 Å². The van der Waals surface area contributed by atoms with Gasteiger partial charge in [0.15, 0.2) is 6.39 Å². The van der Waals surface area contributed by atoms with E-state index in [2.05, 4.69) is 4.98 Å². The van der Waals surface area contributed by atoms with Crippen LogP contribution in [0.25, 0.3) is 0 Å². The molecule has 0 saturated carbocycles. The predicted molar refractivity (Wildman–Crippen MR) is 114 cm³/mol. The van der Waals surface area contributed by atoms with E-state index in [-0.39, 0.29) is 28.7 Å². The number of carbonyl (C=O) groups is 2. The summed E-state index contributed by atoms with van der Waals surface area (Å²) in [5.41, 5.74) is 2.54. The SMILES string of the molecule is CN(C)C(=O)c1c2c(cn(CCc3ccccc3)c1=O)CN(C(=O)c1cnco1)CC2. The normalized spacial score (nSPS) is 13.0. The number of oxazole rings is 1. The minimum atomic E-state index is -0.315. The molecule has 1 aromatic carbocycles. The van der Waals surface area contributed by atoms with Crippen molar-refractivity contribution >= 4 is 11.8 Å². The second kappa shape index (κ2) is 8.59. The molecule has 0 fully saturated rings. The molecule has 31 heavy (non-hydrogen) atoms. The van der Waals surface area contributed by atoms with Crippen molar-refractivity contribution in [1.82, 2.24) is 19.4 Å². The van der Waals surface area contributed by atoms with Gasteiger partial charge in [-0.15, -0.1) is 0 Å². The third kappa shape index (κ3) is 4.14. The summed E-state index contributed by atoms with van der Waals surface area (Å²) in [6.07, 6.45) is 5.49. The van der Waals surface area contributed by atoms with Crippen molar-refractivity contribution in [2.45, 2.75) is 25.9 Å². The van der Waals surface area contributed by atoms with Crippen LogP contribution in [0.2, 0.25) is 0 Å². The molecule has 0 unspecified atom stereocenters. The number of amides is 2. The third-order valence-electron chi connectivity index (χ3n) is 5.50. The van der Waals surface area contributed by atoms with Crippen LogP contribution in [0, 0.1) is 0 Å². The Morgan fingerprint density at radius 2 is 1.97 bits per heavy atom. The number of benzene rings is 1. The molecular formula is C23H24N4O4. The Hall–Kier alpha value is -3.68. The number of hydrogen-bond acceptors (Lipinski definition) is 5. The molecule has 0 saturated heterocycles. The minimum absolute atomic E-state index is 0.172. The highest BCUT2D eigenvalue weighted by molar-refractivity contribution is 5.96. The summed E-state index contributed by atoms with van der Waals surface area (Å²) < 4.78 is 6.73. The van der Waals surface area contributed by atoms with Gasteiger partial charge >= 0.3 is 0 Å². The summed E-state index contributed by atoms with van der Waals surface area (Å²) in [6.45, 7) is 1.14. The molecule has 0 bridgehead atoms. The maximum Gasteiger partial charge on any atom is 0.291 e. The number of aryl methyl sites for hydroxylation is 2. The highest BCUT2D eigenvalue weighted by Gasteiger charge is 2.29. The first kappa shape index (κ1) is 20.6. The van der Waals surface area contributed by atoms with Crippen LogP contribution in [0.3, 0.4) is 0 Å². The molecule has 0 N–H and O–H groups in total. The van der Waals surface area contributed by atoms with Crippen molar-refractivity contribution in [3.05, 3.63) is 87.5 Å². The lowest BCUT2D eigenvalue weighted by Crippen LogP contribution is -2.41. The lowest BCUT2D eigenvalue weighted by Gasteiger charge is -2.30. The van der Waals surface area contributed by atoms with Crippen molar-refractivity contribution in [2.75, 3.05) is 20.6 Å². The maximum atomic E-state index is 13.2. The molecule has 1 aliphatic rings. The first-order valence-electron chi connectivity index (χ1n) is 10.1. The molecular weight excluding hydrogens is 396 g/mol. The van der Waals surface area contributed by atoms with Crippen molar-refractivity contribution < 1.29 is 14.0 Å². The Kier molecular flexibility index (Phi) is 5.70. The zero-order valence-corrected chi connectivity index (χ0v) is 17.6. The zero-order chi connectivity index (χ0) is 22.0. The molecule has 2 aromatic heterocycles. The quantitative estimate of drug-likeness (QED) is 0.630. The highest BCUT2D eigenvalue weighted by atomic mass is 16.3. The molecule has 1 aliphatic heterocycles. The van der Waals surface area contributed by atoms with Crippen LogP contribution < -0.4 is 5.56 Å². The molecule has 0 radical (unpaired) electrons. The van der Waals surface area contributed by atoms with Crippen molar-refractivity contribution in [2.24, 2.45) is 0 Å². The van der Waals surface area contributed by atoms with E-state index in [1.54, 1.807) is 29.8 Å². The number of hydrogen-bond donors (Lipinski definition) is 0. The van der Waals surface area contributed by atoms with Gasteiger partial charge in [-0.2, -0.15) is 0 Å². The largest absolute Gasteiger partial charge is 0.438 e. The lowest BCUT2D eigenvalue weighted by atomic mass is 9.95. The molecule has 3 aromatic rings. The summed E-state index contributed by atoms with van der Waals surface area (Å²) in [6, 6.07) is 9.88. The summed E-state index contributed by atoms with van der Waals surface area (Å²) in [5.74, 6) is -0.401. The van der Waals surface area contributed by atoms with Crippen LogP contribution in [0.1, 0.15) is 37.6 Å². The zero-order valence-electron chi connectivity index (χ0n) is 17.6. The summed E-state index contributed by atoms with van der Waals surface area (Å²) >= 11 is 0. The van der Waals surface area contributed by atoms with Crippen LogP contribution in [0.4, 0.5) is 0 Å². The smallest absolute Gasteiger partial charge is 0.291 e. The lowest BCUT2D eigenvalue weighted by molar-refractivity contribution is 0.0701. The number of pyridine rings is 1. The average Bonchev–Trinajstić information content (AvgIpc) is 3.32. The van der Waals surface area contributed by atoms with Crippen LogP contribution in [-0.2, 0) is 25.9 Å². The molecule has 0 atom stereocenters. The Balaban J connectivity index is 1.69. The first-order chi connectivity index (χ1) is 15.0. The molecule has 2 amide bonds. The van der Waals surface area contributed by atoms with Crippen molar-refractivity contribution in [1.29, 1.82) is 0 Å². The number of carbonyl (C=O) groups excluding carboxylic acids is 2. The van der Waals surface area contributed by atoms with Gasteiger partial charge in [0.25, 0.3) is 17.4 Å². The Morgan fingerprint density at radius 3 is 2.65 bits per heavy atom. The molecule has 8 heteroatoms. The average molecular weight is 420 g/mol. The summed E-state index contributed by atoms with van der Waals surface area (Å²) in [7, 11) is 3.27. The van der Waals surface area contributed by atoms with E-state index < -0.39 is 0 Å². The standard InChI is InChI=1S/C23H24N4O4/c1-25(2)22(29)20-18-9-11-26(21(28)19-12-24-15-31-19)13-17(18)14-27(23(20)30)10-8-16-6-4-3-5-7-16/h3-7,12,14-15H,8-11,13H2,1-2H3. The Bertz CT molecular complexity index is 1150. The summed E-state index contributed by atoms with van der Waals surface area (Å²) in [4.78, 5) is 45.7. The van der Waals surface area contributed by atoms with Crippen molar-refractivity contribution in [3.8, 4) is 0 Å². The first-order valence-corrected chi connectivity index (χ1v) is 10.1. The monoisotopic (exact) mass is 420 g/mol. The third-order valence-corrected chi connectivity index (χ3v) is 5.50. The fourth-order valence-corrected chi connectivity index (χ4v) is 3.87. The Labute approximate surface area is 179 Å². The van der Waals surface area contributed by atoms with Gasteiger partial charge in [0.2, 0.25) is 5.76 Å². The number of fused-ring (bicyclic) bond motifs is 1. The van der Waals surface area contributed by atoms with Gasteiger partial charge in [-0.1, -0.05) is 30.3 Å². The molecule has 8 nitrogen and oxygen atoms in total. The van der Waals surface area contributed by atoms with Gasteiger partial charge in [0.05, 0.1) is 6.20 Å². The van der Waals surface area contributed by atoms with Gasteiger partial charge in [0.1, 0.15) is 5.56 Å². The van der Waals surface area contributed by atoms with E-state index in [4.69, 9.17) is 4.42 Å². The van der Waals surface area contributed by atoms with E-state index in [9.17, 15) is 14.4 Å².